The molecule has 0 saturated heterocycles. The zero-order valence-corrected chi connectivity index (χ0v) is 10.2. The maximum atomic E-state index is 11.9. The maximum absolute atomic E-state index is 11.9. The molecule has 5 heteroatoms. The molecule has 18 heavy (non-hydrogen) atoms. The van der Waals surface area contributed by atoms with Crippen molar-refractivity contribution in [1.82, 2.24) is 14.3 Å². The highest BCUT2D eigenvalue weighted by Crippen LogP contribution is 2.19. The van der Waals surface area contributed by atoms with Crippen LogP contribution in [0.1, 0.15) is 17.7 Å². The Morgan fingerprint density at radius 3 is 2.94 bits per heavy atom. The molecule has 2 N–H and O–H groups in total. The lowest BCUT2D eigenvalue weighted by molar-refractivity contribution is 0.512. The highest BCUT2D eigenvalue weighted by Gasteiger charge is 2.15. The first-order valence-corrected chi connectivity index (χ1v) is 6.23. The second-order valence-corrected chi connectivity index (χ2v) is 4.69. The minimum Gasteiger partial charge on any atom is -0.396 e. The molecule has 1 aliphatic rings. The molecule has 0 atom stereocenters. The van der Waals surface area contributed by atoms with Crippen LogP contribution in [0.4, 0.5) is 5.69 Å². The Labute approximate surface area is 105 Å². The average molecular weight is 244 g/mol. The van der Waals surface area contributed by atoms with E-state index in [1.807, 2.05) is 10.6 Å². The molecule has 5 nitrogen and oxygen atoms in total. The van der Waals surface area contributed by atoms with Crippen molar-refractivity contribution in [2.45, 2.75) is 32.4 Å². The number of anilines is 1. The minimum atomic E-state index is 0.0794. The summed E-state index contributed by atoms with van der Waals surface area (Å²) in [6.45, 7) is 1.33. The normalized spacial score (nSPS) is 13.8. The van der Waals surface area contributed by atoms with Gasteiger partial charge in [-0.15, -0.1) is 0 Å². The number of hydrogen-bond donors (Lipinski definition) is 1. The van der Waals surface area contributed by atoms with Gasteiger partial charge in [0.25, 0.3) is 5.56 Å². The Kier molecular flexibility index (Phi) is 2.66. The third-order valence-electron chi connectivity index (χ3n) is 3.46. The van der Waals surface area contributed by atoms with Crippen molar-refractivity contribution in [2.24, 2.45) is 0 Å². The summed E-state index contributed by atoms with van der Waals surface area (Å²) in [5.41, 5.74) is 8.86. The summed E-state index contributed by atoms with van der Waals surface area (Å²) >= 11 is 0. The van der Waals surface area contributed by atoms with Crippen LogP contribution in [0.2, 0.25) is 0 Å². The summed E-state index contributed by atoms with van der Waals surface area (Å²) < 4.78 is 3.65. The van der Waals surface area contributed by atoms with Gasteiger partial charge in [0.15, 0.2) is 0 Å². The summed E-state index contributed by atoms with van der Waals surface area (Å²) in [5, 5.41) is 4.13. The lowest BCUT2D eigenvalue weighted by Crippen LogP contribution is -2.25. The summed E-state index contributed by atoms with van der Waals surface area (Å²) in [5.74, 6) is 0. The molecule has 0 bridgehead atoms. The fourth-order valence-corrected chi connectivity index (χ4v) is 2.58. The first kappa shape index (κ1) is 11.1. The zero-order valence-electron chi connectivity index (χ0n) is 10.2. The monoisotopic (exact) mass is 244 g/mol. The van der Waals surface area contributed by atoms with Gasteiger partial charge in [0.05, 0.1) is 18.4 Å². The molecule has 0 radical (unpaired) electrons. The van der Waals surface area contributed by atoms with Gasteiger partial charge in [-0.1, -0.05) is 6.07 Å². The molecule has 0 saturated carbocycles. The van der Waals surface area contributed by atoms with Gasteiger partial charge in [-0.25, -0.2) is 0 Å². The lowest BCUT2D eigenvalue weighted by Gasteiger charge is -2.11. The highest BCUT2D eigenvalue weighted by atomic mass is 16.1. The lowest BCUT2D eigenvalue weighted by atomic mass is 10.2. The van der Waals surface area contributed by atoms with E-state index >= 15 is 0 Å². The molecule has 0 aliphatic heterocycles. The smallest absolute Gasteiger partial charge is 0.250 e. The van der Waals surface area contributed by atoms with E-state index in [4.69, 9.17) is 5.73 Å². The van der Waals surface area contributed by atoms with Crippen molar-refractivity contribution >= 4 is 5.69 Å². The van der Waals surface area contributed by atoms with Crippen LogP contribution in [0.15, 0.2) is 29.3 Å². The van der Waals surface area contributed by atoms with Gasteiger partial charge in [-0.3, -0.25) is 9.48 Å². The van der Waals surface area contributed by atoms with Crippen molar-refractivity contribution in [3.63, 3.8) is 0 Å². The number of aryl methyl sites for hydroxylation is 2. The van der Waals surface area contributed by atoms with Crippen LogP contribution in [0, 0.1) is 0 Å². The molecule has 94 valence electrons. The van der Waals surface area contributed by atoms with Gasteiger partial charge in [-0.2, -0.15) is 5.10 Å². The number of hydrogen-bond acceptors (Lipinski definition) is 3. The van der Waals surface area contributed by atoms with Crippen LogP contribution in [-0.4, -0.2) is 14.3 Å². The number of aromatic nitrogens is 3. The van der Waals surface area contributed by atoms with Gasteiger partial charge in [-0.05, 0) is 24.8 Å². The zero-order chi connectivity index (χ0) is 12.5. The second-order valence-electron chi connectivity index (χ2n) is 4.69. The molecule has 0 fully saturated rings. The molecule has 0 aromatic carbocycles. The third kappa shape index (κ3) is 1.92. The van der Waals surface area contributed by atoms with Gasteiger partial charge >= 0.3 is 0 Å². The predicted molar refractivity (Wildman–Crippen MR) is 69.4 cm³/mol. The second kappa shape index (κ2) is 4.33. The number of fused-ring (bicyclic) bond motifs is 1. The molecule has 1 aliphatic carbocycles. The van der Waals surface area contributed by atoms with Crippen LogP contribution >= 0.6 is 0 Å². The summed E-state index contributed by atoms with van der Waals surface area (Å²) in [7, 11) is 0. The number of pyridine rings is 1. The Morgan fingerprint density at radius 2 is 2.17 bits per heavy atom. The van der Waals surface area contributed by atoms with E-state index in [0.29, 0.717) is 18.8 Å². The number of nitrogens with two attached hydrogens (primary N) is 1. The molecule has 0 amide bonds. The van der Waals surface area contributed by atoms with E-state index in [-0.39, 0.29) is 5.56 Å². The molecule has 2 aromatic rings. The highest BCUT2D eigenvalue weighted by molar-refractivity contribution is 5.30. The van der Waals surface area contributed by atoms with Crippen LogP contribution < -0.4 is 11.3 Å². The summed E-state index contributed by atoms with van der Waals surface area (Å²) in [6.07, 6.45) is 6.65. The quantitative estimate of drug-likeness (QED) is 0.869. The number of nitrogens with zero attached hydrogens (tertiary/aromatic N) is 3. The van der Waals surface area contributed by atoms with Crippen LogP contribution in [-0.2, 0) is 25.9 Å². The van der Waals surface area contributed by atoms with Gasteiger partial charge in [0, 0.05) is 24.5 Å². The van der Waals surface area contributed by atoms with Crippen molar-refractivity contribution < 1.29 is 0 Å². The molecular formula is C13H16N4O. The number of rotatable bonds is 3. The average Bonchev–Trinajstić information content (AvgIpc) is 2.96. The minimum absolute atomic E-state index is 0.0794. The van der Waals surface area contributed by atoms with Crippen molar-refractivity contribution in [3.05, 3.63) is 46.1 Å². The van der Waals surface area contributed by atoms with Gasteiger partial charge < -0.3 is 10.3 Å². The summed E-state index contributed by atoms with van der Waals surface area (Å²) in [6, 6.07) is 3.63. The van der Waals surface area contributed by atoms with Gasteiger partial charge in [0.2, 0.25) is 0 Å². The van der Waals surface area contributed by atoms with E-state index in [1.54, 1.807) is 23.1 Å². The van der Waals surface area contributed by atoms with E-state index < -0.39 is 0 Å². The maximum Gasteiger partial charge on any atom is 0.250 e. The fraction of sp³-hybridized carbons (Fsp3) is 0.385. The molecule has 2 heterocycles. The van der Waals surface area contributed by atoms with Crippen LogP contribution in [0.3, 0.4) is 0 Å². The van der Waals surface area contributed by atoms with Crippen molar-refractivity contribution in [1.29, 1.82) is 0 Å². The summed E-state index contributed by atoms with van der Waals surface area (Å²) in [4.78, 5) is 11.9. The predicted octanol–water partition coefficient (Wildman–Crippen LogP) is 0.816. The molecular weight excluding hydrogens is 228 g/mol. The third-order valence-corrected chi connectivity index (χ3v) is 3.46. The van der Waals surface area contributed by atoms with E-state index in [9.17, 15) is 4.79 Å². The largest absolute Gasteiger partial charge is 0.396 e. The van der Waals surface area contributed by atoms with Crippen LogP contribution in [0.5, 0.6) is 0 Å². The SMILES string of the molecule is Nc1cnn(CCn2c3c(ccc2=O)CCC3)c1. The number of nitrogen functional groups attached to an aromatic ring is 1. The fourth-order valence-electron chi connectivity index (χ4n) is 2.58. The van der Waals surface area contributed by atoms with Crippen molar-refractivity contribution in [2.75, 3.05) is 5.73 Å². The molecule has 0 unspecified atom stereocenters. The molecule has 0 spiro atoms. The van der Waals surface area contributed by atoms with E-state index in [0.717, 1.165) is 19.3 Å². The Morgan fingerprint density at radius 1 is 1.28 bits per heavy atom. The van der Waals surface area contributed by atoms with E-state index in [1.165, 1.54) is 11.3 Å². The Balaban J connectivity index is 1.85. The Hall–Kier alpha value is -2.04. The standard InChI is InChI=1S/C13H16N4O/c14-11-8-15-16(9-11)6-7-17-12-3-1-2-10(12)4-5-13(17)18/h4-5,8-9H,1-3,6-7,14H2. The van der Waals surface area contributed by atoms with Crippen molar-refractivity contribution in [3.8, 4) is 0 Å². The topological polar surface area (TPSA) is 65.8 Å². The molecule has 3 rings (SSSR count). The van der Waals surface area contributed by atoms with E-state index in [2.05, 4.69) is 5.10 Å². The van der Waals surface area contributed by atoms with Gasteiger partial charge in [0.1, 0.15) is 0 Å². The Bertz CT molecular complexity index is 626. The first-order chi connectivity index (χ1) is 8.74. The van der Waals surface area contributed by atoms with Crippen LogP contribution in [0.25, 0.3) is 0 Å². The first-order valence-electron chi connectivity index (χ1n) is 6.23. The molecule has 2 aromatic heterocycles.